The number of halogens is 3. The first-order chi connectivity index (χ1) is 9.02. The highest BCUT2D eigenvalue weighted by Crippen LogP contribution is 2.27. The maximum absolute atomic E-state index is 12.5. The number of ether oxygens (including phenoxy) is 1. The van der Waals surface area contributed by atoms with E-state index in [0.29, 0.717) is 21.9 Å². The Bertz CT molecular complexity index is 643. The Morgan fingerprint density at radius 2 is 2.00 bits per heavy atom. The van der Waals surface area contributed by atoms with Crippen molar-refractivity contribution < 1.29 is 9.53 Å². The third-order valence-corrected chi connectivity index (χ3v) is 4.49. The van der Waals surface area contributed by atoms with E-state index < -0.39 is 0 Å². The second kappa shape index (κ2) is 6.24. The van der Waals surface area contributed by atoms with Gasteiger partial charge in [0.15, 0.2) is 5.78 Å². The van der Waals surface area contributed by atoms with Gasteiger partial charge in [0.05, 0.1) is 17.7 Å². The number of ketones is 1. The van der Waals surface area contributed by atoms with E-state index >= 15 is 0 Å². The van der Waals surface area contributed by atoms with E-state index in [1.165, 1.54) is 0 Å². The zero-order chi connectivity index (χ0) is 14.0. The van der Waals surface area contributed by atoms with Crippen LogP contribution in [-0.4, -0.2) is 12.9 Å². The van der Waals surface area contributed by atoms with Crippen molar-refractivity contribution in [3.8, 4) is 5.75 Å². The molecular formula is C14H9BrClIO2. The molecule has 0 radical (unpaired) electrons. The van der Waals surface area contributed by atoms with Crippen molar-refractivity contribution in [2.75, 3.05) is 7.11 Å². The zero-order valence-corrected chi connectivity index (χ0v) is 14.4. The van der Waals surface area contributed by atoms with Crippen molar-refractivity contribution in [2.24, 2.45) is 0 Å². The highest BCUT2D eigenvalue weighted by molar-refractivity contribution is 14.1. The van der Waals surface area contributed by atoms with Crippen molar-refractivity contribution in [3.63, 3.8) is 0 Å². The van der Waals surface area contributed by atoms with Gasteiger partial charge in [0.1, 0.15) is 5.75 Å². The number of methoxy groups -OCH3 is 1. The Kier molecular flexibility index (Phi) is 4.86. The molecule has 5 heteroatoms. The van der Waals surface area contributed by atoms with Gasteiger partial charge in [0, 0.05) is 13.6 Å². The summed E-state index contributed by atoms with van der Waals surface area (Å²) < 4.78 is 6.97. The monoisotopic (exact) mass is 450 g/mol. The van der Waals surface area contributed by atoms with Crippen molar-refractivity contribution in [1.29, 1.82) is 0 Å². The minimum atomic E-state index is -0.107. The second-order valence-corrected chi connectivity index (χ2v) is 6.31. The molecular weight excluding hydrogens is 442 g/mol. The van der Waals surface area contributed by atoms with Crippen LogP contribution < -0.4 is 4.74 Å². The quantitative estimate of drug-likeness (QED) is 0.488. The van der Waals surface area contributed by atoms with Crippen LogP contribution in [0.15, 0.2) is 40.9 Å². The first kappa shape index (κ1) is 14.8. The molecule has 2 aromatic rings. The average Bonchev–Trinajstić information content (AvgIpc) is 2.41. The number of carbonyl (C=O) groups excluding carboxylic acids is 1. The molecule has 98 valence electrons. The fourth-order valence-electron chi connectivity index (χ4n) is 1.65. The molecule has 0 fully saturated rings. The number of carbonyl (C=O) groups is 1. The molecule has 0 bridgehead atoms. The molecule has 0 unspecified atom stereocenters. The molecule has 0 aliphatic heterocycles. The van der Waals surface area contributed by atoms with Crippen LogP contribution in [0.5, 0.6) is 5.75 Å². The summed E-state index contributed by atoms with van der Waals surface area (Å²) >= 11 is 11.5. The van der Waals surface area contributed by atoms with Gasteiger partial charge in [-0.05, 0) is 74.9 Å². The summed E-state index contributed by atoms with van der Waals surface area (Å²) in [6, 6.07) is 10.6. The van der Waals surface area contributed by atoms with Gasteiger partial charge in [-0.25, -0.2) is 0 Å². The molecule has 0 saturated carbocycles. The Hall–Kier alpha value is -0.590. The molecule has 0 aliphatic rings. The van der Waals surface area contributed by atoms with Gasteiger partial charge >= 0.3 is 0 Å². The fourth-order valence-corrected chi connectivity index (χ4v) is 2.57. The third kappa shape index (κ3) is 3.30. The molecule has 0 N–H and O–H groups in total. The molecule has 2 aromatic carbocycles. The number of hydrogen-bond donors (Lipinski definition) is 0. The smallest absolute Gasteiger partial charge is 0.196 e. The fraction of sp³-hybridized carbons (Fsp3) is 0.0714. The molecule has 0 heterocycles. The van der Waals surface area contributed by atoms with Crippen LogP contribution in [0, 0.1) is 3.57 Å². The molecule has 2 rings (SSSR count). The van der Waals surface area contributed by atoms with Gasteiger partial charge in [-0.1, -0.05) is 11.6 Å². The summed E-state index contributed by atoms with van der Waals surface area (Å²) in [6.45, 7) is 0. The third-order valence-electron chi connectivity index (χ3n) is 2.59. The second-order valence-electron chi connectivity index (χ2n) is 3.80. The molecule has 0 spiro atoms. The topological polar surface area (TPSA) is 26.3 Å². The highest BCUT2D eigenvalue weighted by Gasteiger charge is 2.15. The lowest BCUT2D eigenvalue weighted by Gasteiger charge is -2.09. The SMILES string of the molecule is COc1ccc(I)cc1C(=O)c1ccc(Br)c(Cl)c1. The van der Waals surface area contributed by atoms with Crippen LogP contribution in [0.2, 0.25) is 5.02 Å². The molecule has 0 atom stereocenters. The van der Waals surface area contributed by atoms with E-state index in [0.717, 1.165) is 8.04 Å². The molecule has 0 saturated heterocycles. The summed E-state index contributed by atoms with van der Waals surface area (Å²) in [4.78, 5) is 12.5. The first-order valence-corrected chi connectivity index (χ1v) is 7.61. The molecule has 0 aromatic heterocycles. The number of hydrogen-bond acceptors (Lipinski definition) is 2. The van der Waals surface area contributed by atoms with Crippen LogP contribution in [0.4, 0.5) is 0 Å². The maximum Gasteiger partial charge on any atom is 0.196 e. The lowest BCUT2D eigenvalue weighted by molar-refractivity contribution is 0.103. The Morgan fingerprint density at radius 1 is 1.26 bits per heavy atom. The summed E-state index contributed by atoms with van der Waals surface area (Å²) in [7, 11) is 1.55. The van der Waals surface area contributed by atoms with Crippen LogP contribution >= 0.6 is 50.1 Å². The van der Waals surface area contributed by atoms with Gasteiger partial charge in [0.25, 0.3) is 0 Å². The van der Waals surface area contributed by atoms with E-state index in [4.69, 9.17) is 16.3 Å². The van der Waals surface area contributed by atoms with Crippen molar-refractivity contribution >= 4 is 55.9 Å². The van der Waals surface area contributed by atoms with E-state index in [9.17, 15) is 4.79 Å². The molecule has 19 heavy (non-hydrogen) atoms. The zero-order valence-electron chi connectivity index (χ0n) is 9.91. The van der Waals surface area contributed by atoms with Crippen LogP contribution in [0.1, 0.15) is 15.9 Å². The first-order valence-electron chi connectivity index (χ1n) is 5.36. The lowest BCUT2D eigenvalue weighted by Crippen LogP contribution is -2.04. The van der Waals surface area contributed by atoms with Gasteiger partial charge in [-0.15, -0.1) is 0 Å². The summed E-state index contributed by atoms with van der Waals surface area (Å²) in [6.07, 6.45) is 0. The minimum Gasteiger partial charge on any atom is -0.496 e. The van der Waals surface area contributed by atoms with E-state index in [1.54, 1.807) is 37.4 Å². The summed E-state index contributed by atoms with van der Waals surface area (Å²) in [5, 5.41) is 0.510. The van der Waals surface area contributed by atoms with Crippen LogP contribution in [-0.2, 0) is 0 Å². The van der Waals surface area contributed by atoms with E-state index in [2.05, 4.69) is 38.5 Å². The lowest BCUT2D eigenvalue weighted by atomic mass is 10.0. The average molecular weight is 451 g/mol. The van der Waals surface area contributed by atoms with E-state index in [1.807, 2.05) is 6.07 Å². The summed E-state index contributed by atoms with van der Waals surface area (Å²) in [5.74, 6) is 0.453. The Balaban J connectivity index is 2.49. The van der Waals surface area contributed by atoms with Crippen molar-refractivity contribution in [2.45, 2.75) is 0 Å². The van der Waals surface area contributed by atoms with Crippen molar-refractivity contribution in [3.05, 3.63) is 60.6 Å². The van der Waals surface area contributed by atoms with E-state index in [-0.39, 0.29) is 5.78 Å². The molecule has 0 aliphatic carbocycles. The number of rotatable bonds is 3. The standard InChI is InChI=1S/C14H9BrClIO2/c1-19-13-5-3-9(17)7-10(13)14(18)8-2-4-11(15)12(16)6-8/h2-7H,1H3. The maximum atomic E-state index is 12.5. The Labute approximate surface area is 138 Å². The largest absolute Gasteiger partial charge is 0.496 e. The predicted octanol–water partition coefficient (Wildman–Crippen LogP) is 4.95. The number of benzene rings is 2. The highest BCUT2D eigenvalue weighted by atomic mass is 127. The van der Waals surface area contributed by atoms with Gasteiger partial charge in [-0.3, -0.25) is 4.79 Å². The summed E-state index contributed by atoms with van der Waals surface area (Å²) in [5.41, 5.74) is 1.07. The van der Waals surface area contributed by atoms with Crippen LogP contribution in [0.25, 0.3) is 0 Å². The van der Waals surface area contributed by atoms with Gasteiger partial charge in [0.2, 0.25) is 0 Å². The predicted molar refractivity (Wildman–Crippen MR) is 88.3 cm³/mol. The molecule has 0 amide bonds. The molecule has 2 nitrogen and oxygen atoms in total. The van der Waals surface area contributed by atoms with Crippen LogP contribution in [0.3, 0.4) is 0 Å². The van der Waals surface area contributed by atoms with Gasteiger partial charge in [-0.2, -0.15) is 0 Å². The minimum absolute atomic E-state index is 0.107. The van der Waals surface area contributed by atoms with Crippen molar-refractivity contribution in [1.82, 2.24) is 0 Å². The normalized spacial score (nSPS) is 10.3. The van der Waals surface area contributed by atoms with Gasteiger partial charge < -0.3 is 4.74 Å². The Morgan fingerprint density at radius 3 is 2.63 bits per heavy atom.